The second kappa shape index (κ2) is 7.90. The molecule has 0 N–H and O–H groups in total. The lowest BCUT2D eigenvalue weighted by molar-refractivity contribution is 0.0550. The lowest BCUT2D eigenvalue weighted by Crippen LogP contribution is -2.22. The second-order valence-electron chi connectivity index (χ2n) is 5.23. The normalized spacial score (nSPS) is 11.8. The van der Waals surface area contributed by atoms with Crippen molar-refractivity contribution in [3.05, 3.63) is 71.8 Å². The number of rotatable bonds is 6. The summed E-state index contributed by atoms with van der Waals surface area (Å²) in [6.45, 7) is 0.110. The predicted octanol–water partition coefficient (Wildman–Crippen LogP) is 2.81. The van der Waals surface area contributed by atoms with Crippen molar-refractivity contribution in [1.29, 1.82) is 0 Å². The maximum atomic E-state index is 12.1. The Bertz CT molecular complexity index is 827. The summed E-state index contributed by atoms with van der Waals surface area (Å²) in [7, 11) is -0.704. The van der Waals surface area contributed by atoms with Crippen LogP contribution in [0.15, 0.2) is 65.6 Å². The number of ether oxygens (including phenoxy) is 1. The standard InChI is InChI=1S/C18H19NO4S/c1-19(2)24(21,22)17-12-6-11-16(14-17)18(20)23-13-7-10-15-8-4-3-5-9-15/h3-12,14H,13H2,1-2H3/b10-7+. The fourth-order valence-corrected chi connectivity index (χ4v) is 2.90. The Kier molecular flexibility index (Phi) is 5.89. The topological polar surface area (TPSA) is 63.7 Å². The van der Waals surface area contributed by atoms with Crippen LogP contribution in [0.5, 0.6) is 0 Å². The third-order valence-electron chi connectivity index (χ3n) is 3.27. The van der Waals surface area contributed by atoms with E-state index in [-0.39, 0.29) is 17.1 Å². The molecule has 0 aliphatic heterocycles. The summed E-state index contributed by atoms with van der Waals surface area (Å²) in [4.78, 5) is 12.1. The number of carbonyl (C=O) groups is 1. The molecule has 2 aromatic carbocycles. The molecule has 0 aliphatic carbocycles. The van der Waals surface area contributed by atoms with E-state index in [0.29, 0.717) is 0 Å². The molecule has 0 saturated carbocycles. The van der Waals surface area contributed by atoms with Crippen LogP contribution >= 0.6 is 0 Å². The molecule has 0 amide bonds. The van der Waals surface area contributed by atoms with E-state index in [2.05, 4.69) is 0 Å². The minimum absolute atomic E-state index is 0.0572. The zero-order chi connectivity index (χ0) is 17.6. The molecule has 2 rings (SSSR count). The van der Waals surface area contributed by atoms with Crippen LogP contribution in [-0.2, 0) is 14.8 Å². The molecule has 0 fully saturated rings. The highest BCUT2D eigenvalue weighted by Crippen LogP contribution is 2.15. The fraction of sp³-hybridized carbons (Fsp3) is 0.167. The van der Waals surface area contributed by atoms with E-state index in [1.807, 2.05) is 36.4 Å². The molecule has 0 heterocycles. The summed E-state index contributed by atoms with van der Waals surface area (Å²) in [6.07, 6.45) is 3.58. The van der Waals surface area contributed by atoms with Gasteiger partial charge in [-0.2, -0.15) is 0 Å². The smallest absolute Gasteiger partial charge is 0.338 e. The van der Waals surface area contributed by atoms with Gasteiger partial charge in [-0.1, -0.05) is 42.5 Å². The van der Waals surface area contributed by atoms with Gasteiger partial charge < -0.3 is 4.74 Å². The summed E-state index contributed by atoms with van der Waals surface area (Å²) >= 11 is 0. The monoisotopic (exact) mass is 345 g/mol. The van der Waals surface area contributed by atoms with Crippen molar-refractivity contribution in [1.82, 2.24) is 4.31 Å². The van der Waals surface area contributed by atoms with Crippen LogP contribution in [0.3, 0.4) is 0 Å². The van der Waals surface area contributed by atoms with Gasteiger partial charge in [0.25, 0.3) is 0 Å². The van der Waals surface area contributed by atoms with Gasteiger partial charge in [0.15, 0.2) is 0 Å². The third-order valence-corrected chi connectivity index (χ3v) is 5.08. The largest absolute Gasteiger partial charge is 0.458 e. The molecular weight excluding hydrogens is 326 g/mol. The summed E-state index contributed by atoms with van der Waals surface area (Å²) in [5.74, 6) is -0.566. The highest BCUT2D eigenvalue weighted by Gasteiger charge is 2.18. The van der Waals surface area contributed by atoms with Crippen molar-refractivity contribution in [3.8, 4) is 0 Å². The van der Waals surface area contributed by atoms with Crippen molar-refractivity contribution < 1.29 is 17.9 Å². The van der Waals surface area contributed by atoms with Gasteiger partial charge in [0, 0.05) is 14.1 Å². The Morgan fingerprint density at radius 2 is 1.79 bits per heavy atom. The van der Waals surface area contributed by atoms with Crippen molar-refractivity contribution in [2.45, 2.75) is 4.90 Å². The third kappa shape index (κ3) is 4.53. The molecular formula is C18H19NO4S. The highest BCUT2D eigenvalue weighted by molar-refractivity contribution is 7.89. The van der Waals surface area contributed by atoms with Gasteiger partial charge in [-0.25, -0.2) is 17.5 Å². The lowest BCUT2D eigenvalue weighted by atomic mass is 10.2. The maximum absolute atomic E-state index is 12.1. The molecule has 0 saturated heterocycles. The summed E-state index contributed by atoms with van der Waals surface area (Å²) in [5, 5.41) is 0. The van der Waals surface area contributed by atoms with Gasteiger partial charge in [0.05, 0.1) is 10.5 Å². The van der Waals surface area contributed by atoms with Gasteiger partial charge in [0.2, 0.25) is 10.0 Å². The first-order valence-corrected chi connectivity index (χ1v) is 8.76. The molecule has 24 heavy (non-hydrogen) atoms. The van der Waals surface area contributed by atoms with E-state index in [9.17, 15) is 13.2 Å². The molecule has 0 atom stereocenters. The minimum Gasteiger partial charge on any atom is -0.458 e. The van der Waals surface area contributed by atoms with Crippen molar-refractivity contribution in [2.75, 3.05) is 20.7 Å². The Morgan fingerprint density at radius 1 is 1.08 bits per heavy atom. The molecule has 5 nitrogen and oxygen atoms in total. The average Bonchev–Trinajstić information content (AvgIpc) is 2.59. The Balaban J connectivity index is 2.02. The molecule has 0 aromatic heterocycles. The van der Waals surface area contributed by atoms with Crippen molar-refractivity contribution >= 4 is 22.1 Å². The molecule has 0 aliphatic rings. The lowest BCUT2D eigenvalue weighted by Gasteiger charge is -2.11. The Labute approximate surface area is 142 Å². The zero-order valence-electron chi connectivity index (χ0n) is 13.5. The van der Waals surface area contributed by atoms with Gasteiger partial charge >= 0.3 is 5.97 Å². The van der Waals surface area contributed by atoms with Crippen LogP contribution in [0, 0.1) is 0 Å². The van der Waals surface area contributed by atoms with Gasteiger partial charge in [-0.3, -0.25) is 0 Å². The number of carbonyl (C=O) groups excluding carboxylic acids is 1. The minimum atomic E-state index is -3.58. The predicted molar refractivity (Wildman–Crippen MR) is 93.1 cm³/mol. The zero-order valence-corrected chi connectivity index (χ0v) is 14.4. The van der Waals surface area contributed by atoms with E-state index in [0.717, 1.165) is 9.87 Å². The molecule has 6 heteroatoms. The fourth-order valence-electron chi connectivity index (χ4n) is 1.95. The van der Waals surface area contributed by atoms with Crippen LogP contribution in [-0.4, -0.2) is 39.4 Å². The first-order chi connectivity index (χ1) is 11.4. The van der Waals surface area contributed by atoms with Crippen molar-refractivity contribution in [3.63, 3.8) is 0 Å². The quantitative estimate of drug-likeness (QED) is 0.755. The molecule has 0 unspecified atom stereocenters. The number of benzene rings is 2. The van der Waals surface area contributed by atoms with E-state index < -0.39 is 16.0 Å². The second-order valence-corrected chi connectivity index (χ2v) is 7.38. The number of nitrogens with zero attached hydrogens (tertiary/aromatic N) is 1. The highest BCUT2D eigenvalue weighted by atomic mass is 32.2. The first-order valence-electron chi connectivity index (χ1n) is 7.32. The number of esters is 1. The molecule has 0 bridgehead atoms. The number of hydrogen-bond acceptors (Lipinski definition) is 4. The van der Waals surface area contributed by atoms with Gasteiger partial charge in [-0.15, -0.1) is 0 Å². The van der Waals surface area contributed by atoms with Crippen LogP contribution in [0.4, 0.5) is 0 Å². The first kappa shape index (κ1) is 17.9. The summed E-state index contributed by atoms with van der Waals surface area (Å²) in [6, 6.07) is 15.4. The van der Waals surface area contributed by atoms with Crippen LogP contribution in [0.2, 0.25) is 0 Å². The SMILES string of the molecule is CN(C)S(=O)(=O)c1cccc(C(=O)OC/C=C/c2ccccc2)c1. The van der Waals surface area contributed by atoms with Crippen LogP contribution < -0.4 is 0 Å². The van der Waals surface area contributed by atoms with Gasteiger partial charge in [0.1, 0.15) is 6.61 Å². The van der Waals surface area contributed by atoms with Crippen molar-refractivity contribution in [2.24, 2.45) is 0 Å². The van der Waals surface area contributed by atoms with E-state index >= 15 is 0 Å². The molecule has 0 radical (unpaired) electrons. The van der Waals surface area contributed by atoms with Crippen LogP contribution in [0.25, 0.3) is 6.08 Å². The molecule has 126 valence electrons. The number of hydrogen-bond donors (Lipinski definition) is 0. The van der Waals surface area contributed by atoms with E-state index in [1.54, 1.807) is 6.08 Å². The van der Waals surface area contributed by atoms with Crippen LogP contribution in [0.1, 0.15) is 15.9 Å². The summed E-state index contributed by atoms with van der Waals surface area (Å²) < 4.78 is 30.4. The van der Waals surface area contributed by atoms with Gasteiger partial charge in [-0.05, 0) is 29.8 Å². The number of sulfonamides is 1. The maximum Gasteiger partial charge on any atom is 0.338 e. The average molecular weight is 345 g/mol. The molecule has 2 aromatic rings. The van der Waals surface area contributed by atoms with E-state index in [1.165, 1.54) is 38.4 Å². The molecule has 0 spiro atoms. The Hall–Kier alpha value is -2.44. The van der Waals surface area contributed by atoms with E-state index in [4.69, 9.17) is 4.74 Å². The summed E-state index contributed by atoms with van der Waals surface area (Å²) in [5.41, 5.74) is 1.21. The Morgan fingerprint density at radius 3 is 2.46 bits per heavy atom.